The maximum absolute atomic E-state index is 6.13. The monoisotopic (exact) mass is 687 g/mol. The first kappa shape index (κ1) is 30.5. The number of furan rings is 1. The molecule has 0 saturated heterocycles. The lowest BCUT2D eigenvalue weighted by atomic mass is 9.92. The largest absolute Gasteiger partial charge is 0.456 e. The SMILES string of the molecule is c1ccc(-c2ccccc2N(c2ccc(-c3ccc4oc5ccccc5c4c3)cc2)c2ccc3c(ccc4ccc5ccc6ccccc6c5c43)c2)cc1. The molecule has 252 valence electrons. The van der Waals surface area contributed by atoms with Crippen molar-refractivity contribution in [3.8, 4) is 22.3 Å². The Kier molecular flexibility index (Phi) is 6.90. The summed E-state index contributed by atoms with van der Waals surface area (Å²) in [6.07, 6.45) is 0. The Morgan fingerprint density at radius 1 is 0.315 bits per heavy atom. The Hall–Kier alpha value is -7.16. The molecule has 11 aromatic rings. The zero-order valence-corrected chi connectivity index (χ0v) is 29.4. The second-order valence-electron chi connectivity index (χ2n) is 14.1. The summed E-state index contributed by atoms with van der Waals surface area (Å²) >= 11 is 0. The lowest BCUT2D eigenvalue weighted by molar-refractivity contribution is 0.669. The van der Waals surface area contributed by atoms with Crippen LogP contribution in [-0.4, -0.2) is 0 Å². The van der Waals surface area contributed by atoms with Crippen LogP contribution < -0.4 is 4.90 Å². The van der Waals surface area contributed by atoms with Gasteiger partial charge in [0.1, 0.15) is 11.2 Å². The maximum Gasteiger partial charge on any atom is 0.135 e. The average Bonchev–Trinajstić information content (AvgIpc) is 3.62. The summed E-state index contributed by atoms with van der Waals surface area (Å²) in [6.45, 7) is 0. The van der Waals surface area contributed by atoms with Gasteiger partial charge in [0.2, 0.25) is 0 Å². The van der Waals surface area contributed by atoms with Crippen LogP contribution in [0.15, 0.2) is 205 Å². The molecule has 2 nitrogen and oxygen atoms in total. The first-order valence-electron chi connectivity index (χ1n) is 18.5. The molecule has 0 saturated carbocycles. The number of hydrogen-bond donors (Lipinski definition) is 0. The smallest absolute Gasteiger partial charge is 0.135 e. The van der Waals surface area contributed by atoms with Crippen molar-refractivity contribution in [1.82, 2.24) is 0 Å². The minimum Gasteiger partial charge on any atom is -0.456 e. The summed E-state index contributed by atoms with van der Waals surface area (Å²) in [5.41, 5.74) is 9.82. The summed E-state index contributed by atoms with van der Waals surface area (Å²) < 4.78 is 6.13. The first-order valence-corrected chi connectivity index (χ1v) is 18.5. The van der Waals surface area contributed by atoms with Crippen molar-refractivity contribution < 1.29 is 4.42 Å². The van der Waals surface area contributed by atoms with E-state index < -0.39 is 0 Å². The van der Waals surface area contributed by atoms with Gasteiger partial charge in [-0.2, -0.15) is 0 Å². The van der Waals surface area contributed by atoms with Crippen molar-refractivity contribution in [3.05, 3.63) is 200 Å². The molecular weight excluding hydrogens is 655 g/mol. The van der Waals surface area contributed by atoms with Crippen molar-refractivity contribution in [2.45, 2.75) is 0 Å². The molecule has 2 heteroatoms. The van der Waals surface area contributed by atoms with Crippen LogP contribution in [0.5, 0.6) is 0 Å². The van der Waals surface area contributed by atoms with E-state index in [2.05, 4.69) is 193 Å². The quantitative estimate of drug-likeness (QED) is 0.168. The third kappa shape index (κ3) is 4.88. The van der Waals surface area contributed by atoms with Gasteiger partial charge in [-0.15, -0.1) is 0 Å². The maximum atomic E-state index is 6.13. The molecule has 1 heterocycles. The number of hydrogen-bond acceptors (Lipinski definition) is 2. The van der Waals surface area contributed by atoms with E-state index in [1.165, 1.54) is 54.2 Å². The first-order chi connectivity index (χ1) is 26.8. The molecule has 0 fully saturated rings. The van der Waals surface area contributed by atoms with Gasteiger partial charge in [0.25, 0.3) is 0 Å². The molecule has 0 aliphatic heterocycles. The van der Waals surface area contributed by atoms with E-state index in [-0.39, 0.29) is 0 Å². The molecule has 0 amide bonds. The number of fused-ring (bicyclic) bond motifs is 10. The van der Waals surface area contributed by atoms with Gasteiger partial charge in [-0.3, -0.25) is 0 Å². The summed E-state index contributed by atoms with van der Waals surface area (Å²) in [5.74, 6) is 0. The number of rotatable bonds is 5. The molecule has 10 aromatic carbocycles. The highest BCUT2D eigenvalue weighted by Gasteiger charge is 2.19. The minimum absolute atomic E-state index is 0.908. The molecule has 54 heavy (non-hydrogen) atoms. The highest BCUT2D eigenvalue weighted by Crippen LogP contribution is 2.44. The van der Waals surface area contributed by atoms with E-state index in [0.717, 1.165) is 50.1 Å². The topological polar surface area (TPSA) is 16.4 Å². The third-order valence-corrected chi connectivity index (χ3v) is 11.0. The Morgan fingerprint density at radius 3 is 1.72 bits per heavy atom. The van der Waals surface area contributed by atoms with Crippen LogP contribution in [0, 0.1) is 0 Å². The van der Waals surface area contributed by atoms with Gasteiger partial charge >= 0.3 is 0 Å². The molecule has 0 N–H and O–H groups in total. The van der Waals surface area contributed by atoms with Crippen LogP contribution in [0.1, 0.15) is 0 Å². The van der Waals surface area contributed by atoms with Crippen LogP contribution in [0.2, 0.25) is 0 Å². The number of anilines is 3. The highest BCUT2D eigenvalue weighted by molar-refractivity contribution is 6.27. The lowest BCUT2D eigenvalue weighted by Gasteiger charge is -2.28. The van der Waals surface area contributed by atoms with Gasteiger partial charge in [0.15, 0.2) is 0 Å². The fraction of sp³-hybridized carbons (Fsp3) is 0. The van der Waals surface area contributed by atoms with E-state index in [9.17, 15) is 0 Å². The van der Waals surface area contributed by atoms with Crippen LogP contribution in [-0.2, 0) is 0 Å². The second-order valence-corrected chi connectivity index (χ2v) is 14.1. The molecule has 0 aliphatic rings. The molecule has 11 rings (SSSR count). The fourth-order valence-corrected chi connectivity index (χ4v) is 8.44. The fourth-order valence-electron chi connectivity index (χ4n) is 8.44. The molecule has 1 aromatic heterocycles. The van der Waals surface area contributed by atoms with Crippen LogP contribution >= 0.6 is 0 Å². The van der Waals surface area contributed by atoms with Gasteiger partial charge in [-0.1, -0.05) is 152 Å². The number of benzene rings is 10. The van der Waals surface area contributed by atoms with Gasteiger partial charge in [0.05, 0.1) is 5.69 Å². The van der Waals surface area contributed by atoms with Crippen molar-refractivity contribution >= 4 is 82.1 Å². The van der Waals surface area contributed by atoms with Crippen LogP contribution in [0.4, 0.5) is 17.1 Å². The Balaban J connectivity index is 1.09. The van der Waals surface area contributed by atoms with E-state index >= 15 is 0 Å². The van der Waals surface area contributed by atoms with E-state index in [1.54, 1.807) is 0 Å². The molecule has 0 atom stereocenters. The highest BCUT2D eigenvalue weighted by atomic mass is 16.3. The van der Waals surface area contributed by atoms with E-state index in [1.807, 2.05) is 12.1 Å². The van der Waals surface area contributed by atoms with Crippen molar-refractivity contribution in [2.75, 3.05) is 4.90 Å². The van der Waals surface area contributed by atoms with Crippen LogP contribution in [0.3, 0.4) is 0 Å². The molecule has 0 aliphatic carbocycles. The molecule has 0 radical (unpaired) electrons. The van der Waals surface area contributed by atoms with Crippen molar-refractivity contribution in [1.29, 1.82) is 0 Å². The van der Waals surface area contributed by atoms with E-state index in [0.29, 0.717) is 0 Å². The minimum atomic E-state index is 0.908. The van der Waals surface area contributed by atoms with Crippen molar-refractivity contribution in [3.63, 3.8) is 0 Å². The normalized spacial score (nSPS) is 11.7. The van der Waals surface area contributed by atoms with Gasteiger partial charge < -0.3 is 9.32 Å². The zero-order valence-electron chi connectivity index (χ0n) is 29.4. The predicted octanol–water partition coefficient (Wildman–Crippen LogP) is 15.0. The number of nitrogens with zero attached hydrogens (tertiary/aromatic N) is 1. The van der Waals surface area contributed by atoms with Crippen molar-refractivity contribution in [2.24, 2.45) is 0 Å². The summed E-state index contributed by atoms with van der Waals surface area (Å²) in [7, 11) is 0. The van der Waals surface area contributed by atoms with Gasteiger partial charge in [-0.25, -0.2) is 0 Å². The summed E-state index contributed by atoms with van der Waals surface area (Å²) in [5, 5.41) is 12.4. The third-order valence-electron chi connectivity index (χ3n) is 11.0. The Morgan fingerprint density at radius 2 is 0.907 bits per heavy atom. The number of para-hydroxylation sites is 2. The summed E-state index contributed by atoms with van der Waals surface area (Å²) in [4.78, 5) is 2.40. The summed E-state index contributed by atoms with van der Waals surface area (Å²) in [6, 6.07) is 72.4. The van der Waals surface area contributed by atoms with E-state index in [4.69, 9.17) is 4.42 Å². The lowest BCUT2D eigenvalue weighted by Crippen LogP contribution is -2.11. The van der Waals surface area contributed by atoms with Gasteiger partial charge in [-0.05, 0) is 108 Å². The van der Waals surface area contributed by atoms with Gasteiger partial charge in [0, 0.05) is 27.7 Å². The standard InChI is InChI=1S/C52H33NO/c1-2-10-35(11-3-1)43-13-6-8-16-48(43)53(41-27-24-34(25-28-41)39-26-31-50-47(33-39)46-15-7-9-17-49(46)54-50)42-29-30-45-40(32-42)23-22-38-21-20-37-19-18-36-12-4-5-14-44(36)51(37)52(38)45/h1-33H. The second kappa shape index (κ2) is 12.2. The van der Waals surface area contributed by atoms with Crippen LogP contribution in [0.25, 0.3) is 87.3 Å². The Labute approximate surface area is 312 Å². The zero-order chi connectivity index (χ0) is 35.6. The molecular formula is C52H33NO. The molecule has 0 spiro atoms. The molecule has 0 bridgehead atoms. The molecule has 0 unspecified atom stereocenters. The Bertz CT molecular complexity index is 3210. The predicted molar refractivity (Wildman–Crippen MR) is 229 cm³/mol. The average molecular weight is 688 g/mol.